The molecular weight excluding hydrogens is 359 g/mol. The largest absolute Gasteiger partial charge is 0.416 e. The molecule has 3 rings (SSSR count). The van der Waals surface area contributed by atoms with E-state index >= 15 is 0 Å². The number of halogens is 3. The summed E-state index contributed by atoms with van der Waals surface area (Å²) < 4.78 is 38.2. The first-order valence-electron chi connectivity index (χ1n) is 8.01. The number of hydrogen-bond acceptors (Lipinski definition) is 4. The molecule has 8 heteroatoms. The molecule has 2 N–H and O–H groups in total. The van der Waals surface area contributed by atoms with Crippen LogP contribution in [0, 0.1) is 6.92 Å². The maximum Gasteiger partial charge on any atom is 0.416 e. The fourth-order valence-electron chi connectivity index (χ4n) is 2.72. The van der Waals surface area contributed by atoms with Gasteiger partial charge in [-0.05, 0) is 37.6 Å². The monoisotopic (exact) mass is 375 g/mol. The highest BCUT2D eigenvalue weighted by atomic mass is 19.4. The Hall–Kier alpha value is -3.00. The molecule has 1 unspecified atom stereocenters. The minimum Gasteiger partial charge on any atom is -0.381 e. The Morgan fingerprint density at radius 1 is 1.00 bits per heavy atom. The van der Waals surface area contributed by atoms with Crippen LogP contribution in [0.25, 0.3) is 11.3 Å². The van der Waals surface area contributed by atoms with Crippen LogP contribution in [0.1, 0.15) is 29.4 Å². The number of nitrogens with one attached hydrogen (secondary N) is 1. The summed E-state index contributed by atoms with van der Waals surface area (Å²) in [6.07, 6.45) is -1.54. The molecule has 0 bridgehead atoms. The van der Waals surface area contributed by atoms with Crippen LogP contribution in [0.15, 0.2) is 53.6 Å². The summed E-state index contributed by atoms with van der Waals surface area (Å²) in [6.45, 7) is 3.10. The standard InChI is InChI=1S/C19H16F3N3O2/c1-11-24-16(8-17(26)25-11)12-7-15(10-23-9-12)18(2,27)13-3-5-14(6-4-13)19(20,21)22/h3-10,27H,1-2H3,(H,24,25,26). The number of hydrogen-bond donors (Lipinski definition) is 2. The van der Waals surface area contributed by atoms with Crippen molar-refractivity contribution < 1.29 is 18.3 Å². The van der Waals surface area contributed by atoms with Gasteiger partial charge >= 0.3 is 6.18 Å². The van der Waals surface area contributed by atoms with Crippen LogP contribution in [0.4, 0.5) is 13.2 Å². The molecule has 27 heavy (non-hydrogen) atoms. The molecule has 0 aliphatic heterocycles. The zero-order valence-electron chi connectivity index (χ0n) is 14.5. The van der Waals surface area contributed by atoms with Crippen molar-refractivity contribution in [3.63, 3.8) is 0 Å². The van der Waals surface area contributed by atoms with E-state index in [-0.39, 0.29) is 11.1 Å². The average molecular weight is 375 g/mol. The maximum atomic E-state index is 12.7. The van der Waals surface area contributed by atoms with Crippen LogP contribution in [-0.2, 0) is 11.8 Å². The molecule has 0 amide bonds. The van der Waals surface area contributed by atoms with Crippen molar-refractivity contribution >= 4 is 0 Å². The molecule has 0 aliphatic carbocycles. The smallest absolute Gasteiger partial charge is 0.381 e. The van der Waals surface area contributed by atoms with Crippen molar-refractivity contribution in [2.24, 2.45) is 0 Å². The Morgan fingerprint density at radius 3 is 2.22 bits per heavy atom. The molecule has 3 aromatic rings. The maximum absolute atomic E-state index is 12.7. The van der Waals surface area contributed by atoms with E-state index in [1.165, 1.54) is 37.5 Å². The second-order valence-corrected chi connectivity index (χ2v) is 6.33. The Balaban J connectivity index is 2.01. The highest BCUT2D eigenvalue weighted by Gasteiger charge is 2.32. The zero-order valence-corrected chi connectivity index (χ0v) is 14.5. The van der Waals surface area contributed by atoms with Crippen molar-refractivity contribution in [1.82, 2.24) is 15.0 Å². The second-order valence-electron chi connectivity index (χ2n) is 6.33. The molecule has 0 fully saturated rings. The fourth-order valence-corrected chi connectivity index (χ4v) is 2.72. The summed E-state index contributed by atoms with van der Waals surface area (Å²) in [7, 11) is 0. The highest BCUT2D eigenvalue weighted by Crippen LogP contribution is 2.34. The van der Waals surface area contributed by atoms with Crippen LogP contribution in [0.5, 0.6) is 0 Å². The van der Waals surface area contributed by atoms with E-state index in [1.54, 1.807) is 13.0 Å². The average Bonchev–Trinajstić information content (AvgIpc) is 2.60. The van der Waals surface area contributed by atoms with Gasteiger partial charge in [-0.1, -0.05) is 12.1 Å². The summed E-state index contributed by atoms with van der Waals surface area (Å²) in [5.41, 5.74) is -1.16. The minimum absolute atomic E-state index is 0.282. The molecule has 0 saturated heterocycles. The van der Waals surface area contributed by atoms with Gasteiger partial charge in [0.2, 0.25) is 0 Å². The van der Waals surface area contributed by atoms with E-state index in [9.17, 15) is 23.1 Å². The molecule has 0 spiro atoms. The Bertz CT molecular complexity index is 1030. The first kappa shape index (κ1) is 18.8. The minimum atomic E-state index is -4.45. The third-order valence-electron chi connectivity index (χ3n) is 4.23. The van der Waals surface area contributed by atoms with Crippen LogP contribution < -0.4 is 5.56 Å². The normalized spacial score (nSPS) is 14.0. The molecule has 0 saturated carbocycles. The lowest BCUT2D eigenvalue weighted by Crippen LogP contribution is -2.23. The number of aryl methyl sites for hydroxylation is 1. The van der Waals surface area contributed by atoms with Crippen molar-refractivity contribution in [2.75, 3.05) is 0 Å². The molecule has 2 aromatic heterocycles. The Morgan fingerprint density at radius 2 is 1.63 bits per heavy atom. The molecule has 1 atom stereocenters. The second kappa shape index (κ2) is 6.62. The number of pyridine rings is 1. The quantitative estimate of drug-likeness (QED) is 0.735. The third-order valence-corrected chi connectivity index (χ3v) is 4.23. The number of alkyl halides is 3. The lowest BCUT2D eigenvalue weighted by atomic mass is 9.88. The van der Waals surface area contributed by atoms with E-state index in [2.05, 4.69) is 15.0 Å². The number of aromatic nitrogens is 3. The molecule has 0 aliphatic rings. The molecule has 2 heterocycles. The Labute approximate surface area is 152 Å². The molecule has 0 radical (unpaired) electrons. The topological polar surface area (TPSA) is 78.9 Å². The van der Waals surface area contributed by atoms with Gasteiger partial charge in [-0.2, -0.15) is 13.2 Å². The third kappa shape index (κ3) is 3.90. The van der Waals surface area contributed by atoms with Gasteiger partial charge in [-0.3, -0.25) is 9.78 Å². The van der Waals surface area contributed by atoms with Crippen molar-refractivity contribution in [1.29, 1.82) is 0 Å². The first-order valence-corrected chi connectivity index (χ1v) is 8.01. The van der Waals surface area contributed by atoms with E-state index in [4.69, 9.17) is 0 Å². The number of nitrogens with zero attached hydrogens (tertiary/aromatic N) is 2. The van der Waals surface area contributed by atoms with Gasteiger partial charge in [0.15, 0.2) is 0 Å². The van der Waals surface area contributed by atoms with Gasteiger partial charge in [-0.25, -0.2) is 4.98 Å². The van der Waals surface area contributed by atoms with Crippen molar-refractivity contribution in [2.45, 2.75) is 25.6 Å². The summed E-state index contributed by atoms with van der Waals surface area (Å²) in [5, 5.41) is 10.9. The SMILES string of the molecule is Cc1nc(-c2cncc(C(C)(O)c3ccc(C(F)(F)F)cc3)c2)cc(=O)[nH]1. The lowest BCUT2D eigenvalue weighted by Gasteiger charge is -2.25. The zero-order chi connectivity index (χ0) is 19.8. The lowest BCUT2D eigenvalue weighted by molar-refractivity contribution is -0.137. The molecule has 5 nitrogen and oxygen atoms in total. The summed E-state index contributed by atoms with van der Waals surface area (Å²) >= 11 is 0. The van der Waals surface area contributed by atoms with E-state index in [1.807, 2.05) is 0 Å². The number of aliphatic hydroxyl groups is 1. The van der Waals surface area contributed by atoms with E-state index in [0.29, 0.717) is 22.6 Å². The predicted molar refractivity (Wildman–Crippen MR) is 92.9 cm³/mol. The highest BCUT2D eigenvalue weighted by molar-refractivity contribution is 5.59. The van der Waals surface area contributed by atoms with Crippen molar-refractivity contribution in [3.8, 4) is 11.3 Å². The molecule has 1 aromatic carbocycles. The molecular formula is C19H16F3N3O2. The summed E-state index contributed by atoms with van der Waals surface area (Å²) in [4.78, 5) is 22.5. The number of benzene rings is 1. The van der Waals surface area contributed by atoms with Crippen molar-refractivity contribution in [3.05, 3.63) is 81.7 Å². The van der Waals surface area contributed by atoms with Gasteiger partial charge in [-0.15, -0.1) is 0 Å². The van der Waals surface area contributed by atoms with Gasteiger partial charge < -0.3 is 10.1 Å². The van der Waals surface area contributed by atoms with Crippen LogP contribution in [-0.4, -0.2) is 20.1 Å². The summed E-state index contributed by atoms with van der Waals surface area (Å²) in [5.74, 6) is 0.428. The Kier molecular flexibility index (Phi) is 4.61. The van der Waals surface area contributed by atoms with E-state index in [0.717, 1.165) is 12.1 Å². The van der Waals surface area contributed by atoms with Crippen LogP contribution in [0.2, 0.25) is 0 Å². The first-order chi connectivity index (χ1) is 12.6. The van der Waals surface area contributed by atoms with Gasteiger partial charge in [0, 0.05) is 29.6 Å². The van der Waals surface area contributed by atoms with Gasteiger partial charge in [0.1, 0.15) is 11.4 Å². The van der Waals surface area contributed by atoms with Crippen LogP contribution >= 0.6 is 0 Å². The summed E-state index contributed by atoms with van der Waals surface area (Å²) in [6, 6.07) is 7.20. The van der Waals surface area contributed by atoms with Crippen LogP contribution in [0.3, 0.4) is 0 Å². The van der Waals surface area contributed by atoms with Gasteiger partial charge in [0.25, 0.3) is 5.56 Å². The number of H-pyrrole nitrogens is 1. The molecule has 140 valence electrons. The predicted octanol–water partition coefficient (Wildman–Crippen LogP) is 3.41. The van der Waals surface area contributed by atoms with Gasteiger partial charge in [0.05, 0.1) is 11.3 Å². The van der Waals surface area contributed by atoms with E-state index < -0.39 is 17.3 Å². The number of rotatable bonds is 3. The fraction of sp³-hybridized carbons (Fsp3) is 0.211. The number of aromatic amines is 1.